The van der Waals surface area contributed by atoms with Crippen LogP contribution in [0.2, 0.25) is 0 Å². The summed E-state index contributed by atoms with van der Waals surface area (Å²) in [5.74, 6) is -0.140. The van der Waals surface area contributed by atoms with Crippen LogP contribution >= 0.6 is 0 Å². The van der Waals surface area contributed by atoms with E-state index in [2.05, 4.69) is 4.99 Å². The van der Waals surface area contributed by atoms with E-state index in [1.807, 2.05) is 13.8 Å². The highest BCUT2D eigenvalue weighted by molar-refractivity contribution is 5.97. The van der Waals surface area contributed by atoms with E-state index >= 15 is 0 Å². The average molecular weight is 225 g/mol. The first kappa shape index (κ1) is 13.2. The largest absolute Gasteiger partial charge is 0.465 e. The molecular formula is C13H23NO2. The molecule has 1 aliphatic carbocycles. The molecule has 16 heavy (non-hydrogen) atoms. The van der Waals surface area contributed by atoms with E-state index in [0.29, 0.717) is 19.1 Å². The quantitative estimate of drug-likeness (QED) is 0.532. The van der Waals surface area contributed by atoms with Crippen molar-refractivity contribution in [1.29, 1.82) is 0 Å². The minimum atomic E-state index is -0.140. The Morgan fingerprint density at radius 2 is 2.00 bits per heavy atom. The SMILES string of the molecule is CCCOC(=O)CC(C)=NC1CCCCC1. The van der Waals surface area contributed by atoms with Crippen LogP contribution in [0.1, 0.15) is 58.8 Å². The normalized spacial score (nSPS) is 18.5. The van der Waals surface area contributed by atoms with Gasteiger partial charge in [0.1, 0.15) is 0 Å². The predicted molar refractivity (Wildman–Crippen MR) is 65.8 cm³/mol. The van der Waals surface area contributed by atoms with Gasteiger partial charge in [0.05, 0.1) is 13.0 Å². The number of hydrogen-bond acceptors (Lipinski definition) is 3. The lowest BCUT2D eigenvalue weighted by Crippen LogP contribution is -2.15. The molecular weight excluding hydrogens is 202 g/mol. The predicted octanol–water partition coefficient (Wildman–Crippen LogP) is 3.12. The molecule has 1 fully saturated rings. The number of carbonyl (C=O) groups is 1. The van der Waals surface area contributed by atoms with Crippen LogP contribution in [-0.2, 0) is 9.53 Å². The van der Waals surface area contributed by atoms with Gasteiger partial charge in [-0.3, -0.25) is 9.79 Å². The van der Waals surface area contributed by atoms with Gasteiger partial charge in [0.2, 0.25) is 0 Å². The topological polar surface area (TPSA) is 38.7 Å². The third-order valence-corrected chi connectivity index (χ3v) is 2.85. The number of rotatable bonds is 5. The van der Waals surface area contributed by atoms with Gasteiger partial charge < -0.3 is 4.74 Å². The van der Waals surface area contributed by atoms with Crippen LogP contribution in [0.5, 0.6) is 0 Å². The molecule has 0 heterocycles. The Bertz CT molecular complexity index is 242. The van der Waals surface area contributed by atoms with Crippen LogP contribution < -0.4 is 0 Å². The van der Waals surface area contributed by atoms with Crippen molar-refractivity contribution in [2.45, 2.75) is 64.8 Å². The summed E-state index contributed by atoms with van der Waals surface area (Å²) >= 11 is 0. The second kappa shape index (κ2) is 7.42. The molecule has 0 N–H and O–H groups in total. The van der Waals surface area contributed by atoms with Gasteiger partial charge in [-0.1, -0.05) is 26.2 Å². The van der Waals surface area contributed by atoms with E-state index in [-0.39, 0.29) is 5.97 Å². The molecule has 0 atom stereocenters. The summed E-state index contributed by atoms with van der Waals surface area (Å²) in [6.45, 7) is 4.45. The van der Waals surface area contributed by atoms with Crippen molar-refractivity contribution in [3.05, 3.63) is 0 Å². The number of carbonyl (C=O) groups excluding carboxylic acids is 1. The molecule has 1 rings (SSSR count). The highest BCUT2D eigenvalue weighted by Gasteiger charge is 2.13. The lowest BCUT2D eigenvalue weighted by atomic mass is 9.96. The minimum Gasteiger partial charge on any atom is -0.465 e. The number of ether oxygens (including phenoxy) is 1. The van der Waals surface area contributed by atoms with Crippen LogP contribution in [0.15, 0.2) is 4.99 Å². The molecule has 1 aliphatic rings. The van der Waals surface area contributed by atoms with Crippen LogP contribution in [0, 0.1) is 0 Å². The van der Waals surface area contributed by atoms with Gasteiger partial charge in [-0.15, -0.1) is 0 Å². The third-order valence-electron chi connectivity index (χ3n) is 2.85. The highest BCUT2D eigenvalue weighted by Crippen LogP contribution is 2.20. The summed E-state index contributed by atoms with van der Waals surface area (Å²) in [7, 11) is 0. The summed E-state index contributed by atoms with van der Waals surface area (Å²) < 4.78 is 5.03. The minimum absolute atomic E-state index is 0.140. The second-order valence-corrected chi connectivity index (χ2v) is 4.55. The van der Waals surface area contributed by atoms with Crippen LogP contribution in [0.25, 0.3) is 0 Å². The van der Waals surface area contributed by atoms with Crippen molar-refractivity contribution < 1.29 is 9.53 Å². The van der Waals surface area contributed by atoms with E-state index in [4.69, 9.17) is 4.74 Å². The van der Waals surface area contributed by atoms with E-state index < -0.39 is 0 Å². The average Bonchev–Trinajstić information content (AvgIpc) is 2.27. The molecule has 0 radical (unpaired) electrons. The zero-order chi connectivity index (χ0) is 11.8. The number of esters is 1. The molecule has 0 aromatic rings. The van der Waals surface area contributed by atoms with Crippen LogP contribution in [0.3, 0.4) is 0 Å². The second-order valence-electron chi connectivity index (χ2n) is 4.55. The Labute approximate surface area is 98.3 Å². The standard InChI is InChI=1S/C13H23NO2/c1-3-9-16-13(15)10-11(2)14-12-7-5-4-6-8-12/h12H,3-10H2,1-2H3. The van der Waals surface area contributed by atoms with Crippen molar-refractivity contribution in [3.63, 3.8) is 0 Å². The molecule has 0 unspecified atom stereocenters. The lowest BCUT2D eigenvalue weighted by molar-refractivity contribution is -0.142. The molecule has 0 amide bonds. The maximum absolute atomic E-state index is 11.4. The van der Waals surface area contributed by atoms with Crippen LogP contribution in [0.4, 0.5) is 0 Å². The lowest BCUT2D eigenvalue weighted by Gasteiger charge is -2.18. The van der Waals surface area contributed by atoms with E-state index in [1.54, 1.807) is 0 Å². The van der Waals surface area contributed by atoms with Gasteiger partial charge in [-0.2, -0.15) is 0 Å². The summed E-state index contributed by atoms with van der Waals surface area (Å²) in [6.07, 6.45) is 7.50. The summed E-state index contributed by atoms with van der Waals surface area (Å²) in [6, 6.07) is 0.452. The smallest absolute Gasteiger partial charge is 0.311 e. The van der Waals surface area contributed by atoms with Gasteiger partial charge in [0.25, 0.3) is 0 Å². The monoisotopic (exact) mass is 225 g/mol. The molecule has 0 saturated heterocycles. The molecule has 92 valence electrons. The van der Waals surface area contributed by atoms with E-state index in [1.165, 1.54) is 32.1 Å². The summed E-state index contributed by atoms with van der Waals surface area (Å²) in [5, 5.41) is 0. The first-order valence-electron chi connectivity index (χ1n) is 6.41. The zero-order valence-electron chi connectivity index (χ0n) is 10.5. The van der Waals surface area contributed by atoms with Gasteiger partial charge >= 0.3 is 5.97 Å². The Morgan fingerprint density at radius 1 is 1.31 bits per heavy atom. The zero-order valence-corrected chi connectivity index (χ0v) is 10.5. The molecule has 0 aliphatic heterocycles. The Balaban J connectivity index is 2.29. The van der Waals surface area contributed by atoms with Gasteiger partial charge in [0, 0.05) is 11.8 Å². The first-order chi connectivity index (χ1) is 7.72. The highest BCUT2D eigenvalue weighted by atomic mass is 16.5. The van der Waals surface area contributed by atoms with Gasteiger partial charge in [-0.25, -0.2) is 0 Å². The molecule has 0 aromatic heterocycles. The Hall–Kier alpha value is -0.860. The molecule has 3 heteroatoms. The van der Waals surface area contributed by atoms with Crippen molar-refractivity contribution in [1.82, 2.24) is 0 Å². The number of hydrogen-bond donors (Lipinski definition) is 0. The Kier molecular flexibility index (Phi) is 6.12. The van der Waals surface area contributed by atoms with Crippen molar-refractivity contribution in [3.8, 4) is 0 Å². The maximum Gasteiger partial charge on any atom is 0.311 e. The summed E-state index contributed by atoms with van der Waals surface area (Å²) in [5.41, 5.74) is 0.924. The van der Waals surface area contributed by atoms with E-state index in [0.717, 1.165) is 12.1 Å². The van der Waals surface area contributed by atoms with Gasteiger partial charge in [-0.05, 0) is 26.2 Å². The molecule has 1 saturated carbocycles. The fourth-order valence-electron chi connectivity index (χ4n) is 2.04. The van der Waals surface area contributed by atoms with Gasteiger partial charge in [0.15, 0.2) is 0 Å². The van der Waals surface area contributed by atoms with Crippen molar-refractivity contribution in [2.75, 3.05) is 6.61 Å². The number of aliphatic imine (C=N–C) groups is 1. The number of nitrogens with zero attached hydrogens (tertiary/aromatic N) is 1. The third kappa shape index (κ3) is 5.29. The van der Waals surface area contributed by atoms with Crippen LogP contribution in [-0.4, -0.2) is 24.3 Å². The molecule has 0 aromatic carbocycles. The summed E-state index contributed by atoms with van der Waals surface area (Å²) in [4.78, 5) is 16.0. The fourth-order valence-corrected chi connectivity index (χ4v) is 2.04. The fraction of sp³-hybridized carbons (Fsp3) is 0.846. The van der Waals surface area contributed by atoms with Crippen molar-refractivity contribution in [2.24, 2.45) is 4.99 Å². The maximum atomic E-state index is 11.4. The van der Waals surface area contributed by atoms with Crippen molar-refractivity contribution >= 4 is 11.7 Å². The van der Waals surface area contributed by atoms with E-state index in [9.17, 15) is 4.79 Å². The Morgan fingerprint density at radius 3 is 2.62 bits per heavy atom. The first-order valence-corrected chi connectivity index (χ1v) is 6.41. The molecule has 0 spiro atoms. The molecule has 3 nitrogen and oxygen atoms in total. The molecule has 0 bridgehead atoms.